The van der Waals surface area contributed by atoms with Crippen LogP contribution in [-0.2, 0) is 0 Å². The summed E-state index contributed by atoms with van der Waals surface area (Å²) in [5.74, 6) is -1.15. The first-order chi connectivity index (χ1) is 8.58. The Morgan fingerprint density at radius 3 is 2.78 bits per heavy atom. The van der Waals surface area contributed by atoms with Crippen molar-refractivity contribution in [1.29, 1.82) is 0 Å². The zero-order valence-corrected chi connectivity index (χ0v) is 10.5. The average molecular weight is 281 g/mol. The van der Waals surface area contributed by atoms with Crippen molar-refractivity contribution in [3.63, 3.8) is 0 Å². The summed E-state index contributed by atoms with van der Waals surface area (Å²) in [6.07, 6.45) is 3.30. The van der Waals surface area contributed by atoms with Crippen molar-refractivity contribution in [3.8, 4) is 0 Å². The fourth-order valence-electron chi connectivity index (χ4n) is 1.31. The van der Waals surface area contributed by atoms with Crippen molar-refractivity contribution in [3.05, 3.63) is 48.3 Å². The lowest BCUT2D eigenvalue weighted by Gasteiger charge is -1.88. The highest BCUT2D eigenvalue weighted by Crippen LogP contribution is 2.31. The van der Waals surface area contributed by atoms with E-state index in [9.17, 15) is 14.9 Å². The molecule has 0 spiro atoms. The average Bonchev–Trinajstić information content (AvgIpc) is 2.95. The van der Waals surface area contributed by atoms with E-state index in [0.29, 0.717) is 4.88 Å². The Labute approximate surface area is 110 Å². The maximum Gasteiger partial charge on any atom is 0.346 e. The van der Waals surface area contributed by atoms with Crippen LogP contribution in [0, 0.1) is 10.1 Å². The van der Waals surface area contributed by atoms with Gasteiger partial charge in [-0.1, -0.05) is 6.07 Å². The summed E-state index contributed by atoms with van der Waals surface area (Å²) in [7, 11) is 0. The largest absolute Gasteiger partial charge is 0.477 e. The minimum atomic E-state index is -1.15. The van der Waals surface area contributed by atoms with Gasteiger partial charge in [-0.05, 0) is 23.6 Å². The van der Waals surface area contributed by atoms with Crippen LogP contribution in [0.15, 0.2) is 23.6 Å². The van der Waals surface area contributed by atoms with E-state index in [0.717, 1.165) is 22.3 Å². The maximum absolute atomic E-state index is 10.8. The van der Waals surface area contributed by atoms with Crippen molar-refractivity contribution in [2.24, 2.45) is 0 Å². The summed E-state index contributed by atoms with van der Waals surface area (Å²) < 4.78 is 0. The monoisotopic (exact) mass is 281 g/mol. The molecule has 2 rings (SSSR count). The van der Waals surface area contributed by atoms with Gasteiger partial charge >= 0.3 is 5.97 Å². The van der Waals surface area contributed by atoms with E-state index in [1.807, 2.05) is 17.5 Å². The van der Waals surface area contributed by atoms with Gasteiger partial charge in [-0.2, -0.15) is 0 Å². The van der Waals surface area contributed by atoms with Crippen LogP contribution >= 0.6 is 22.7 Å². The molecule has 0 fully saturated rings. The van der Waals surface area contributed by atoms with Gasteiger partial charge in [0.05, 0.1) is 4.92 Å². The lowest BCUT2D eigenvalue weighted by molar-refractivity contribution is -0.384. The summed E-state index contributed by atoms with van der Waals surface area (Å²) in [6.45, 7) is 0. The standard InChI is InChI=1S/C11H7NO4S2/c13-11(14)10-6-8(12(15)16)9(18-10)4-3-7-2-1-5-17-7/h1-6H,(H,13,14)/b4-3-. The number of nitrogens with zero attached hydrogens (tertiary/aromatic N) is 1. The molecule has 0 bridgehead atoms. The fourth-order valence-corrected chi connectivity index (χ4v) is 2.79. The molecule has 5 nitrogen and oxygen atoms in total. The number of hydrogen-bond donors (Lipinski definition) is 1. The van der Waals surface area contributed by atoms with E-state index in [2.05, 4.69) is 0 Å². The molecule has 1 N–H and O–H groups in total. The third-order valence-corrected chi connectivity index (χ3v) is 4.00. The molecule has 0 aliphatic carbocycles. The smallest absolute Gasteiger partial charge is 0.346 e. The third kappa shape index (κ3) is 2.63. The second kappa shape index (κ2) is 5.11. The van der Waals surface area contributed by atoms with Gasteiger partial charge in [-0.15, -0.1) is 22.7 Å². The molecule has 18 heavy (non-hydrogen) atoms. The molecule has 2 heterocycles. The van der Waals surface area contributed by atoms with Crippen molar-refractivity contribution in [1.82, 2.24) is 0 Å². The number of nitro groups is 1. The lowest BCUT2D eigenvalue weighted by Crippen LogP contribution is -1.91. The number of carbonyl (C=O) groups is 1. The van der Waals surface area contributed by atoms with Gasteiger partial charge in [0.1, 0.15) is 9.75 Å². The zero-order valence-electron chi connectivity index (χ0n) is 8.90. The summed E-state index contributed by atoms with van der Waals surface area (Å²) in [4.78, 5) is 22.3. The highest BCUT2D eigenvalue weighted by molar-refractivity contribution is 7.15. The molecule has 0 radical (unpaired) electrons. The van der Waals surface area contributed by atoms with Crippen LogP contribution in [0.2, 0.25) is 0 Å². The first-order valence-corrected chi connectivity index (χ1v) is 6.50. The number of hydrogen-bond acceptors (Lipinski definition) is 5. The van der Waals surface area contributed by atoms with Crippen LogP contribution in [0.4, 0.5) is 5.69 Å². The zero-order chi connectivity index (χ0) is 13.1. The molecule has 0 aliphatic rings. The van der Waals surface area contributed by atoms with Crippen LogP contribution in [0.5, 0.6) is 0 Å². The van der Waals surface area contributed by atoms with Crippen LogP contribution in [0.25, 0.3) is 12.2 Å². The topological polar surface area (TPSA) is 80.4 Å². The van der Waals surface area contributed by atoms with E-state index in [1.165, 1.54) is 11.3 Å². The molecule has 0 aromatic carbocycles. The fraction of sp³-hybridized carbons (Fsp3) is 0. The minimum Gasteiger partial charge on any atom is -0.477 e. The summed E-state index contributed by atoms with van der Waals surface area (Å²) in [6, 6.07) is 4.83. The molecule has 0 amide bonds. The number of carboxylic acid groups (broad SMARTS) is 1. The molecule has 7 heteroatoms. The van der Waals surface area contributed by atoms with Gasteiger partial charge in [0.15, 0.2) is 0 Å². The first kappa shape index (κ1) is 12.5. The van der Waals surface area contributed by atoms with Crippen LogP contribution in [0.1, 0.15) is 19.4 Å². The van der Waals surface area contributed by atoms with Crippen molar-refractivity contribution >= 4 is 46.5 Å². The van der Waals surface area contributed by atoms with Gasteiger partial charge in [0.25, 0.3) is 5.69 Å². The second-order valence-electron chi connectivity index (χ2n) is 3.27. The Hall–Kier alpha value is -1.99. The highest BCUT2D eigenvalue weighted by atomic mass is 32.1. The van der Waals surface area contributed by atoms with Gasteiger partial charge in [-0.3, -0.25) is 10.1 Å². The molecule has 0 atom stereocenters. The highest BCUT2D eigenvalue weighted by Gasteiger charge is 2.20. The van der Waals surface area contributed by atoms with E-state index in [1.54, 1.807) is 12.2 Å². The van der Waals surface area contributed by atoms with E-state index >= 15 is 0 Å². The summed E-state index contributed by atoms with van der Waals surface area (Å²) in [5.41, 5.74) is -0.176. The lowest BCUT2D eigenvalue weighted by atomic mass is 10.3. The van der Waals surface area contributed by atoms with Crippen LogP contribution < -0.4 is 0 Å². The van der Waals surface area contributed by atoms with Gasteiger partial charge in [-0.25, -0.2) is 4.79 Å². The third-order valence-electron chi connectivity index (χ3n) is 2.09. The van der Waals surface area contributed by atoms with Crippen LogP contribution in [-0.4, -0.2) is 16.0 Å². The van der Waals surface area contributed by atoms with Gasteiger partial charge in [0.2, 0.25) is 0 Å². The molecule has 92 valence electrons. The Kier molecular flexibility index (Phi) is 3.54. The van der Waals surface area contributed by atoms with E-state index in [-0.39, 0.29) is 10.6 Å². The Balaban J connectivity index is 2.37. The molecular weight excluding hydrogens is 274 g/mol. The Morgan fingerprint density at radius 1 is 1.44 bits per heavy atom. The Bertz CT molecular complexity index is 613. The molecule has 2 aromatic heterocycles. The number of rotatable bonds is 4. The molecule has 0 saturated heterocycles. The predicted molar refractivity (Wildman–Crippen MR) is 71.2 cm³/mol. The second-order valence-corrected chi connectivity index (χ2v) is 5.33. The minimum absolute atomic E-state index is 0.0347. The van der Waals surface area contributed by atoms with Gasteiger partial charge < -0.3 is 5.11 Å². The summed E-state index contributed by atoms with van der Waals surface area (Å²) >= 11 is 2.40. The van der Waals surface area contributed by atoms with Crippen molar-refractivity contribution in [2.45, 2.75) is 0 Å². The summed E-state index contributed by atoms with van der Waals surface area (Å²) in [5, 5.41) is 21.5. The molecular formula is C11H7NO4S2. The van der Waals surface area contributed by atoms with Gasteiger partial charge in [0, 0.05) is 10.9 Å². The van der Waals surface area contributed by atoms with E-state index < -0.39 is 10.9 Å². The van der Waals surface area contributed by atoms with Crippen molar-refractivity contribution < 1.29 is 14.8 Å². The molecule has 0 saturated carbocycles. The molecule has 2 aromatic rings. The Morgan fingerprint density at radius 2 is 2.22 bits per heavy atom. The normalized spacial score (nSPS) is 10.9. The molecule has 0 unspecified atom stereocenters. The van der Waals surface area contributed by atoms with E-state index in [4.69, 9.17) is 5.11 Å². The maximum atomic E-state index is 10.8. The number of thiophene rings is 2. The van der Waals surface area contributed by atoms with Crippen LogP contribution in [0.3, 0.4) is 0 Å². The predicted octanol–water partition coefficient (Wildman–Crippen LogP) is 3.59. The van der Waals surface area contributed by atoms with Crippen molar-refractivity contribution in [2.75, 3.05) is 0 Å². The molecule has 0 aliphatic heterocycles. The SMILES string of the molecule is O=C(O)c1cc([N+](=O)[O-])c(/C=C\c2cccs2)s1. The number of carboxylic acids is 1. The quantitative estimate of drug-likeness (QED) is 0.686. The number of aromatic carboxylic acids is 1. The first-order valence-electron chi connectivity index (χ1n) is 4.81.